The fraction of sp³-hybridized carbons (Fsp3) is 0.316. The van der Waals surface area contributed by atoms with E-state index in [4.69, 9.17) is 5.73 Å². The minimum atomic E-state index is -0.236. The molecule has 0 bridgehead atoms. The molecule has 1 aliphatic rings. The minimum absolute atomic E-state index is 0.236. The van der Waals surface area contributed by atoms with Gasteiger partial charge in [0.2, 0.25) is 5.91 Å². The van der Waals surface area contributed by atoms with Crippen molar-refractivity contribution in [2.75, 3.05) is 0 Å². The molecule has 0 aliphatic heterocycles. The van der Waals surface area contributed by atoms with Crippen LogP contribution in [0.4, 0.5) is 0 Å². The summed E-state index contributed by atoms with van der Waals surface area (Å²) < 4.78 is 0. The summed E-state index contributed by atoms with van der Waals surface area (Å²) in [7, 11) is 0. The SMILES string of the molecule is NC(=O)CCc1ccc(C2CCCc3ccccc32)cc1. The Labute approximate surface area is 126 Å². The third-order valence-corrected chi connectivity index (χ3v) is 4.41. The van der Waals surface area contributed by atoms with Crippen LogP contribution in [0.1, 0.15) is 47.4 Å². The molecule has 1 unspecified atom stereocenters. The summed E-state index contributed by atoms with van der Waals surface area (Å²) in [6.45, 7) is 0. The highest BCUT2D eigenvalue weighted by atomic mass is 16.1. The van der Waals surface area contributed by atoms with Gasteiger partial charge in [0.1, 0.15) is 0 Å². The maximum absolute atomic E-state index is 10.8. The van der Waals surface area contributed by atoms with Gasteiger partial charge >= 0.3 is 0 Å². The first kappa shape index (κ1) is 13.9. The molecule has 0 spiro atoms. The van der Waals surface area contributed by atoms with Gasteiger partial charge in [0.25, 0.3) is 0 Å². The molecule has 1 aliphatic carbocycles. The molecule has 0 fully saturated rings. The molecule has 0 radical (unpaired) electrons. The Morgan fingerprint density at radius 3 is 2.62 bits per heavy atom. The van der Waals surface area contributed by atoms with E-state index in [0.717, 1.165) is 6.42 Å². The highest BCUT2D eigenvalue weighted by Crippen LogP contribution is 2.36. The quantitative estimate of drug-likeness (QED) is 0.913. The number of benzene rings is 2. The molecule has 108 valence electrons. The first-order chi connectivity index (χ1) is 10.2. The molecule has 0 aromatic heterocycles. The summed E-state index contributed by atoms with van der Waals surface area (Å²) in [6.07, 6.45) is 4.83. The number of carbonyl (C=O) groups excluding carboxylic acids is 1. The van der Waals surface area contributed by atoms with Crippen molar-refractivity contribution in [1.29, 1.82) is 0 Å². The Morgan fingerprint density at radius 2 is 1.86 bits per heavy atom. The van der Waals surface area contributed by atoms with Crippen LogP contribution in [0.3, 0.4) is 0 Å². The second-order valence-electron chi connectivity index (χ2n) is 5.85. The van der Waals surface area contributed by atoms with Crippen molar-refractivity contribution in [1.82, 2.24) is 0 Å². The van der Waals surface area contributed by atoms with Gasteiger partial charge in [-0.15, -0.1) is 0 Å². The molecule has 0 saturated carbocycles. The van der Waals surface area contributed by atoms with Crippen molar-refractivity contribution in [3.8, 4) is 0 Å². The molecular formula is C19H21NO. The number of carbonyl (C=O) groups is 1. The third kappa shape index (κ3) is 3.15. The third-order valence-electron chi connectivity index (χ3n) is 4.41. The predicted molar refractivity (Wildman–Crippen MR) is 85.2 cm³/mol. The number of rotatable bonds is 4. The molecule has 1 atom stereocenters. The Hall–Kier alpha value is -2.09. The van der Waals surface area contributed by atoms with E-state index in [-0.39, 0.29) is 5.91 Å². The molecule has 2 aromatic rings. The van der Waals surface area contributed by atoms with Crippen molar-refractivity contribution in [3.05, 3.63) is 70.8 Å². The highest BCUT2D eigenvalue weighted by Gasteiger charge is 2.21. The normalized spacial score (nSPS) is 17.2. The summed E-state index contributed by atoms with van der Waals surface area (Å²) in [5.41, 5.74) is 10.7. The minimum Gasteiger partial charge on any atom is -0.370 e. The highest BCUT2D eigenvalue weighted by molar-refractivity contribution is 5.74. The zero-order valence-electron chi connectivity index (χ0n) is 12.2. The molecule has 0 saturated heterocycles. The maximum Gasteiger partial charge on any atom is 0.217 e. The second-order valence-corrected chi connectivity index (χ2v) is 5.85. The number of amides is 1. The van der Waals surface area contributed by atoms with Crippen molar-refractivity contribution in [3.63, 3.8) is 0 Å². The lowest BCUT2D eigenvalue weighted by atomic mass is 9.79. The molecule has 2 nitrogen and oxygen atoms in total. The first-order valence-electron chi connectivity index (χ1n) is 7.69. The van der Waals surface area contributed by atoms with Crippen LogP contribution in [0.15, 0.2) is 48.5 Å². The Morgan fingerprint density at radius 1 is 1.10 bits per heavy atom. The molecule has 0 heterocycles. The van der Waals surface area contributed by atoms with Crippen molar-refractivity contribution in [2.24, 2.45) is 5.73 Å². The molecule has 2 N–H and O–H groups in total. The Kier molecular flexibility index (Phi) is 4.05. The van der Waals surface area contributed by atoms with E-state index in [1.54, 1.807) is 0 Å². The topological polar surface area (TPSA) is 43.1 Å². The average Bonchev–Trinajstić information content (AvgIpc) is 2.53. The molecule has 21 heavy (non-hydrogen) atoms. The summed E-state index contributed by atoms with van der Waals surface area (Å²) in [6, 6.07) is 17.5. The van der Waals surface area contributed by atoms with Gasteiger partial charge in [-0.2, -0.15) is 0 Å². The van der Waals surface area contributed by atoms with Gasteiger partial charge in [-0.05, 0) is 47.9 Å². The van der Waals surface area contributed by atoms with Crippen LogP contribution >= 0.6 is 0 Å². The van der Waals surface area contributed by atoms with Crippen LogP contribution in [-0.2, 0) is 17.6 Å². The molecule has 2 heteroatoms. The van der Waals surface area contributed by atoms with Crippen LogP contribution < -0.4 is 5.73 Å². The second kappa shape index (κ2) is 6.13. The van der Waals surface area contributed by atoms with E-state index in [9.17, 15) is 4.79 Å². The summed E-state index contributed by atoms with van der Waals surface area (Å²) in [5.74, 6) is 0.278. The van der Waals surface area contributed by atoms with Gasteiger partial charge < -0.3 is 5.73 Å². The summed E-state index contributed by atoms with van der Waals surface area (Å²) in [4.78, 5) is 10.8. The number of aryl methyl sites for hydroxylation is 2. The monoisotopic (exact) mass is 279 g/mol. The smallest absolute Gasteiger partial charge is 0.217 e. The largest absolute Gasteiger partial charge is 0.370 e. The number of nitrogens with two attached hydrogens (primary N) is 1. The average molecular weight is 279 g/mol. The zero-order chi connectivity index (χ0) is 14.7. The molecule has 2 aromatic carbocycles. The van der Waals surface area contributed by atoms with Crippen molar-refractivity contribution >= 4 is 5.91 Å². The number of hydrogen-bond donors (Lipinski definition) is 1. The summed E-state index contributed by atoms with van der Waals surface area (Å²) >= 11 is 0. The van der Waals surface area contributed by atoms with Gasteiger partial charge in [0, 0.05) is 12.3 Å². The van der Waals surface area contributed by atoms with Gasteiger partial charge in [-0.3, -0.25) is 4.79 Å². The lowest BCUT2D eigenvalue weighted by Crippen LogP contribution is -2.12. The molecule has 3 rings (SSSR count). The van der Waals surface area contributed by atoms with Crippen LogP contribution in [0, 0.1) is 0 Å². The van der Waals surface area contributed by atoms with Gasteiger partial charge in [0.05, 0.1) is 0 Å². The standard InChI is InChI=1S/C19H21NO/c20-19(21)13-10-14-8-11-16(12-9-14)18-7-3-5-15-4-1-2-6-17(15)18/h1-2,4,6,8-9,11-12,18H,3,5,7,10,13H2,(H2,20,21). The first-order valence-corrected chi connectivity index (χ1v) is 7.69. The lowest BCUT2D eigenvalue weighted by molar-refractivity contribution is -0.117. The predicted octanol–water partition coefficient (Wildman–Crippen LogP) is 3.57. The van der Waals surface area contributed by atoms with E-state index in [1.165, 1.54) is 41.5 Å². The zero-order valence-corrected chi connectivity index (χ0v) is 12.2. The lowest BCUT2D eigenvalue weighted by Gasteiger charge is -2.26. The van der Waals surface area contributed by atoms with E-state index in [1.807, 2.05) is 0 Å². The van der Waals surface area contributed by atoms with Crippen molar-refractivity contribution < 1.29 is 4.79 Å². The van der Waals surface area contributed by atoms with Crippen LogP contribution in [0.5, 0.6) is 0 Å². The van der Waals surface area contributed by atoms with Gasteiger partial charge in [-0.25, -0.2) is 0 Å². The fourth-order valence-corrected chi connectivity index (χ4v) is 3.28. The van der Waals surface area contributed by atoms with E-state index in [0.29, 0.717) is 12.3 Å². The number of fused-ring (bicyclic) bond motifs is 1. The molecule has 1 amide bonds. The van der Waals surface area contributed by atoms with Crippen LogP contribution in [-0.4, -0.2) is 5.91 Å². The number of primary amides is 1. The van der Waals surface area contributed by atoms with E-state index < -0.39 is 0 Å². The summed E-state index contributed by atoms with van der Waals surface area (Å²) in [5, 5.41) is 0. The van der Waals surface area contributed by atoms with Gasteiger partial charge in [0.15, 0.2) is 0 Å². The van der Waals surface area contributed by atoms with Gasteiger partial charge in [-0.1, -0.05) is 48.5 Å². The molecular weight excluding hydrogens is 258 g/mol. The van der Waals surface area contributed by atoms with E-state index in [2.05, 4.69) is 48.5 Å². The Balaban J connectivity index is 1.80. The van der Waals surface area contributed by atoms with Crippen LogP contribution in [0.25, 0.3) is 0 Å². The maximum atomic E-state index is 10.8. The fourth-order valence-electron chi connectivity index (χ4n) is 3.28. The van der Waals surface area contributed by atoms with Crippen molar-refractivity contribution in [2.45, 2.75) is 38.0 Å². The van der Waals surface area contributed by atoms with Crippen LogP contribution in [0.2, 0.25) is 0 Å². The van der Waals surface area contributed by atoms with E-state index >= 15 is 0 Å². The Bertz CT molecular complexity index is 630. The number of hydrogen-bond acceptors (Lipinski definition) is 1.